The summed E-state index contributed by atoms with van der Waals surface area (Å²) < 4.78 is 4.86. The first kappa shape index (κ1) is 20.6. The minimum absolute atomic E-state index is 0. The number of nitrogens with zero attached hydrogens (tertiary/aromatic N) is 1. The Hall–Kier alpha value is -3.39. The van der Waals surface area contributed by atoms with Crippen molar-refractivity contribution in [3.8, 4) is 11.5 Å². The zero-order valence-electron chi connectivity index (χ0n) is 12.8. The Bertz CT molecular complexity index is 701. The van der Waals surface area contributed by atoms with E-state index in [1.807, 2.05) is 0 Å². The van der Waals surface area contributed by atoms with Crippen LogP contribution in [0.4, 0.5) is 0 Å². The van der Waals surface area contributed by atoms with Gasteiger partial charge in [-0.15, -0.1) is 0 Å². The predicted molar refractivity (Wildman–Crippen MR) is 87.7 cm³/mol. The summed E-state index contributed by atoms with van der Waals surface area (Å²) in [6, 6.07) is 7.88. The Kier molecular flexibility index (Phi) is 8.89. The number of methoxy groups -OCH3 is 1. The molecule has 0 atom stereocenters. The number of hydrogen-bond acceptors (Lipinski definition) is 5. The maximum Gasteiger partial charge on any atom is 0.328 e. The van der Waals surface area contributed by atoms with Gasteiger partial charge in [0.1, 0.15) is 0 Å². The summed E-state index contributed by atoms with van der Waals surface area (Å²) in [5, 5.41) is 17.6. The number of aromatic hydroxyl groups is 1. The summed E-state index contributed by atoms with van der Waals surface area (Å²) >= 11 is 0. The fraction of sp³-hybridized carbons (Fsp3) is 0.0625. The number of aliphatic carboxylic acids is 1. The lowest BCUT2D eigenvalue weighted by atomic mass is 10.2. The normalized spacial score (nSPS) is 9.38. The molecule has 2 aromatic rings. The van der Waals surface area contributed by atoms with E-state index >= 15 is 0 Å². The molecule has 8 nitrogen and oxygen atoms in total. The number of amides is 1. The van der Waals surface area contributed by atoms with E-state index in [0.717, 1.165) is 6.08 Å². The molecular weight excluding hydrogens is 316 g/mol. The Balaban J connectivity index is 0.000000460. The van der Waals surface area contributed by atoms with Gasteiger partial charge in [0.25, 0.3) is 0 Å². The molecule has 24 heavy (non-hydrogen) atoms. The van der Waals surface area contributed by atoms with Crippen LogP contribution in [-0.2, 0) is 4.79 Å². The smallest absolute Gasteiger partial charge is 0.328 e. The Morgan fingerprint density at radius 2 is 2.00 bits per heavy atom. The standard InChI is InChI=1S/C10H10O4.C6H6N2O.H2O/c1-14-9-6-7(2-4-8(9)11)3-5-10(12)13;7-6(9)5-2-1-3-8-4-5;/h2-6,11H,1H3,(H,12,13);1-4H,(H2,7,9);1H2/b5-3+;;. The Morgan fingerprint density at radius 3 is 2.46 bits per heavy atom. The van der Waals surface area contributed by atoms with Gasteiger partial charge in [-0.1, -0.05) is 6.07 Å². The number of nitrogens with two attached hydrogens (primary N) is 1. The maximum absolute atomic E-state index is 10.4. The second-order valence-electron chi connectivity index (χ2n) is 4.21. The van der Waals surface area contributed by atoms with Crippen LogP contribution in [0.5, 0.6) is 11.5 Å². The Labute approximate surface area is 138 Å². The number of primary amides is 1. The Morgan fingerprint density at radius 1 is 1.29 bits per heavy atom. The number of carboxylic acid groups (broad SMARTS) is 1. The van der Waals surface area contributed by atoms with Crippen molar-refractivity contribution in [2.24, 2.45) is 5.73 Å². The molecule has 1 aromatic carbocycles. The van der Waals surface area contributed by atoms with Gasteiger partial charge in [0.15, 0.2) is 11.5 Å². The number of pyridine rings is 1. The molecule has 0 spiro atoms. The van der Waals surface area contributed by atoms with Gasteiger partial charge in [-0.3, -0.25) is 9.78 Å². The van der Waals surface area contributed by atoms with Gasteiger partial charge in [-0.2, -0.15) is 0 Å². The molecule has 0 aliphatic rings. The molecule has 0 unspecified atom stereocenters. The molecule has 128 valence electrons. The van der Waals surface area contributed by atoms with Gasteiger partial charge in [0.2, 0.25) is 5.91 Å². The molecule has 0 aliphatic heterocycles. The van der Waals surface area contributed by atoms with E-state index in [-0.39, 0.29) is 11.2 Å². The van der Waals surface area contributed by atoms with Crippen LogP contribution in [0.1, 0.15) is 15.9 Å². The average Bonchev–Trinajstić information content (AvgIpc) is 2.55. The third-order valence-electron chi connectivity index (χ3n) is 2.57. The van der Waals surface area contributed by atoms with Crippen LogP contribution in [0, 0.1) is 0 Å². The van der Waals surface area contributed by atoms with Crippen molar-refractivity contribution in [2.45, 2.75) is 0 Å². The number of phenolic OH excluding ortho intramolecular Hbond substituents is 1. The van der Waals surface area contributed by atoms with Gasteiger partial charge in [0, 0.05) is 18.5 Å². The summed E-state index contributed by atoms with van der Waals surface area (Å²) in [6.45, 7) is 0. The molecule has 6 N–H and O–H groups in total. The fourth-order valence-electron chi connectivity index (χ4n) is 1.47. The van der Waals surface area contributed by atoms with Crippen LogP contribution in [-0.4, -0.2) is 39.7 Å². The van der Waals surface area contributed by atoms with Crippen LogP contribution in [0.15, 0.2) is 48.8 Å². The highest BCUT2D eigenvalue weighted by atomic mass is 16.5. The van der Waals surface area contributed by atoms with Crippen LogP contribution in [0.3, 0.4) is 0 Å². The first-order chi connectivity index (χ1) is 10.9. The van der Waals surface area contributed by atoms with Crippen molar-refractivity contribution in [1.82, 2.24) is 4.98 Å². The third kappa shape index (κ3) is 7.05. The molecule has 0 saturated carbocycles. The number of carboxylic acids is 1. The molecule has 1 aromatic heterocycles. The predicted octanol–water partition coefficient (Wildman–Crippen LogP) is 0.854. The van der Waals surface area contributed by atoms with Gasteiger partial charge in [0.05, 0.1) is 12.7 Å². The minimum atomic E-state index is -1.02. The second-order valence-corrected chi connectivity index (χ2v) is 4.21. The molecule has 0 aliphatic carbocycles. The third-order valence-corrected chi connectivity index (χ3v) is 2.57. The van der Waals surface area contributed by atoms with E-state index in [0.29, 0.717) is 16.9 Å². The topological polar surface area (TPSA) is 154 Å². The molecule has 0 fully saturated rings. The largest absolute Gasteiger partial charge is 0.504 e. The molecule has 1 heterocycles. The highest BCUT2D eigenvalue weighted by Gasteiger charge is 2.00. The van der Waals surface area contributed by atoms with Crippen molar-refractivity contribution < 1.29 is 30.0 Å². The molecule has 0 bridgehead atoms. The van der Waals surface area contributed by atoms with E-state index in [2.05, 4.69) is 4.98 Å². The monoisotopic (exact) mass is 334 g/mol. The lowest BCUT2D eigenvalue weighted by Crippen LogP contribution is -2.10. The average molecular weight is 334 g/mol. The van der Waals surface area contributed by atoms with Crippen molar-refractivity contribution in [3.05, 3.63) is 59.9 Å². The quantitative estimate of drug-likeness (QED) is 0.704. The van der Waals surface area contributed by atoms with E-state index in [9.17, 15) is 14.7 Å². The van der Waals surface area contributed by atoms with Gasteiger partial charge < -0.3 is 26.2 Å². The molecular formula is C16H18N2O6. The highest BCUT2D eigenvalue weighted by molar-refractivity contribution is 5.92. The summed E-state index contributed by atoms with van der Waals surface area (Å²) in [6.07, 6.45) is 5.46. The van der Waals surface area contributed by atoms with Crippen LogP contribution in [0.2, 0.25) is 0 Å². The van der Waals surface area contributed by atoms with Crippen LogP contribution < -0.4 is 10.5 Å². The number of benzene rings is 1. The zero-order valence-corrected chi connectivity index (χ0v) is 12.8. The van der Waals surface area contributed by atoms with Crippen molar-refractivity contribution in [2.75, 3.05) is 7.11 Å². The van der Waals surface area contributed by atoms with Crippen LogP contribution >= 0.6 is 0 Å². The molecule has 0 saturated heterocycles. The number of carbonyl (C=O) groups is 2. The molecule has 8 heteroatoms. The van der Waals surface area contributed by atoms with E-state index in [1.54, 1.807) is 30.5 Å². The zero-order chi connectivity index (χ0) is 17.2. The maximum atomic E-state index is 10.4. The minimum Gasteiger partial charge on any atom is -0.504 e. The summed E-state index contributed by atoms with van der Waals surface area (Å²) in [5.74, 6) is -1.11. The fourth-order valence-corrected chi connectivity index (χ4v) is 1.47. The first-order valence-electron chi connectivity index (χ1n) is 6.42. The highest BCUT2D eigenvalue weighted by Crippen LogP contribution is 2.26. The summed E-state index contributed by atoms with van der Waals surface area (Å²) in [4.78, 5) is 24.3. The SMILES string of the molecule is COc1cc(/C=C/C(=O)O)ccc1O.NC(=O)c1cccnc1.O. The van der Waals surface area contributed by atoms with Gasteiger partial charge in [-0.25, -0.2) is 4.79 Å². The number of hydrogen-bond donors (Lipinski definition) is 3. The lowest BCUT2D eigenvalue weighted by molar-refractivity contribution is -0.131. The van der Waals surface area contributed by atoms with Crippen molar-refractivity contribution in [3.63, 3.8) is 0 Å². The number of ether oxygens (including phenoxy) is 1. The van der Waals surface area contributed by atoms with Crippen molar-refractivity contribution >= 4 is 18.0 Å². The summed E-state index contributed by atoms with van der Waals surface area (Å²) in [7, 11) is 1.43. The molecule has 0 radical (unpaired) electrons. The molecule has 1 amide bonds. The van der Waals surface area contributed by atoms with Gasteiger partial charge >= 0.3 is 5.97 Å². The number of phenols is 1. The van der Waals surface area contributed by atoms with E-state index in [4.69, 9.17) is 15.6 Å². The lowest BCUT2D eigenvalue weighted by Gasteiger charge is -2.03. The van der Waals surface area contributed by atoms with Crippen LogP contribution in [0.25, 0.3) is 6.08 Å². The van der Waals surface area contributed by atoms with E-state index in [1.165, 1.54) is 25.4 Å². The number of aromatic nitrogens is 1. The first-order valence-corrected chi connectivity index (χ1v) is 6.42. The number of carbonyl (C=O) groups excluding carboxylic acids is 1. The molecule has 2 rings (SSSR count). The number of rotatable bonds is 4. The van der Waals surface area contributed by atoms with Gasteiger partial charge in [-0.05, 0) is 35.9 Å². The van der Waals surface area contributed by atoms with E-state index < -0.39 is 11.9 Å². The summed E-state index contributed by atoms with van der Waals surface area (Å²) in [5.41, 5.74) is 6.03. The second kappa shape index (κ2) is 10.4. The van der Waals surface area contributed by atoms with Crippen molar-refractivity contribution in [1.29, 1.82) is 0 Å².